The van der Waals surface area contributed by atoms with Gasteiger partial charge in [-0.25, -0.2) is 4.99 Å². The standard InChI is InChI=1S/C20H19BrClN3O2S/c1-24-19(26)17(28-20(24)23-13-5-7-15(21)16(22)11-13)12-14-6-8-18(27-14)25-9-3-2-4-10-25/h5-8,11-12H,2-4,9-10H2,1H3/b17-12-,23-20?. The fourth-order valence-electron chi connectivity index (χ4n) is 3.15. The molecule has 1 amide bonds. The van der Waals surface area contributed by atoms with Crippen LogP contribution in [0.15, 0.2) is 49.1 Å². The van der Waals surface area contributed by atoms with E-state index in [9.17, 15) is 4.79 Å². The number of anilines is 1. The first kappa shape index (κ1) is 19.6. The Balaban J connectivity index is 1.54. The fourth-order valence-corrected chi connectivity index (χ4v) is 4.54. The number of carbonyl (C=O) groups is 1. The van der Waals surface area contributed by atoms with Crippen molar-refractivity contribution in [2.45, 2.75) is 19.3 Å². The van der Waals surface area contributed by atoms with Gasteiger partial charge in [0.25, 0.3) is 5.91 Å². The van der Waals surface area contributed by atoms with Gasteiger partial charge in [-0.05, 0) is 71.2 Å². The van der Waals surface area contributed by atoms with Gasteiger partial charge in [0.05, 0.1) is 15.6 Å². The summed E-state index contributed by atoms with van der Waals surface area (Å²) in [6, 6.07) is 9.33. The molecule has 2 fully saturated rings. The summed E-state index contributed by atoms with van der Waals surface area (Å²) in [5.41, 5.74) is 0.696. The van der Waals surface area contributed by atoms with E-state index in [1.54, 1.807) is 24.1 Å². The first-order chi connectivity index (χ1) is 13.5. The predicted molar refractivity (Wildman–Crippen MR) is 119 cm³/mol. The van der Waals surface area contributed by atoms with E-state index in [0.717, 1.165) is 23.4 Å². The molecular weight excluding hydrogens is 462 g/mol. The maximum Gasteiger partial charge on any atom is 0.266 e. The second-order valence-electron chi connectivity index (χ2n) is 6.69. The maximum absolute atomic E-state index is 12.6. The van der Waals surface area contributed by atoms with Crippen LogP contribution in [-0.2, 0) is 4.79 Å². The van der Waals surface area contributed by atoms with Crippen molar-refractivity contribution in [3.63, 3.8) is 0 Å². The summed E-state index contributed by atoms with van der Waals surface area (Å²) in [7, 11) is 1.72. The molecule has 28 heavy (non-hydrogen) atoms. The van der Waals surface area contributed by atoms with Crippen LogP contribution < -0.4 is 4.90 Å². The number of nitrogens with zero attached hydrogens (tertiary/aromatic N) is 3. The zero-order chi connectivity index (χ0) is 19.7. The van der Waals surface area contributed by atoms with Crippen LogP contribution in [-0.4, -0.2) is 36.1 Å². The van der Waals surface area contributed by atoms with Crippen LogP contribution in [0.5, 0.6) is 0 Å². The molecule has 2 aliphatic rings. The monoisotopic (exact) mass is 479 g/mol. The Morgan fingerprint density at radius 3 is 2.75 bits per heavy atom. The van der Waals surface area contributed by atoms with E-state index >= 15 is 0 Å². The number of rotatable bonds is 3. The van der Waals surface area contributed by atoms with E-state index in [-0.39, 0.29) is 5.91 Å². The van der Waals surface area contributed by atoms with Gasteiger partial charge >= 0.3 is 0 Å². The minimum Gasteiger partial charge on any atom is -0.441 e. The molecular formula is C20H19BrClN3O2S. The highest BCUT2D eigenvalue weighted by atomic mass is 79.9. The predicted octanol–water partition coefficient (Wildman–Crippen LogP) is 5.92. The second-order valence-corrected chi connectivity index (χ2v) is 8.96. The highest BCUT2D eigenvalue weighted by Gasteiger charge is 2.30. The normalized spacial score (nSPS) is 20.6. The first-order valence-corrected chi connectivity index (χ1v) is 11.1. The average molecular weight is 481 g/mol. The topological polar surface area (TPSA) is 49.1 Å². The Hall–Kier alpha value is -1.70. The summed E-state index contributed by atoms with van der Waals surface area (Å²) < 4.78 is 6.76. The van der Waals surface area contributed by atoms with Gasteiger partial charge in [0, 0.05) is 36.8 Å². The molecule has 2 aromatic rings. The number of amides is 1. The summed E-state index contributed by atoms with van der Waals surface area (Å²) in [6.07, 6.45) is 5.44. The van der Waals surface area contributed by atoms with Crippen LogP contribution in [0.3, 0.4) is 0 Å². The number of aliphatic imine (C=N–C) groups is 1. The summed E-state index contributed by atoms with van der Waals surface area (Å²) in [6.45, 7) is 2.04. The van der Waals surface area contributed by atoms with E-state index in [1.165, 1.54) is 31.0 Å². The van der Waals surface area contributed by atoms with Gasteiger partial charge in [-0.15, -0.1) is 0 Å². The molecule has 146 valence electrons. The Bertz CT molecular complexity index is 966. The van der Waals surface area contributed by atoms with Crippen molar-refractivity contribution < 1.29 is 9.21 Å². The number of thioether (sulfide) groups is 1. The van der Waals surface area contributed by atoms with Crippen LogP contribution in [0.1, 0.15) is 25.0 Å². The highest BCUT2D eigenvalue weighted by molar-refractivity contribution is 9.10. The van der Waals surface area contributed by atoms with Gasteiger partial charge in [-0.1, -0.05) is 11.6 Å². The third-order valence-electron chi connectivity index (χ3n) is 4.69. The second kappa shape index (κ2) is 8.35. The first-order valence-electron chi connectivity index (χ1n) is 9.07. The molecule has 0 spiro atoms. The molecule has 4 rings (SSSR count). The SMILES string of the molecule is CN1C(=O)/C(=C/c2ccc(N3CCCCC3)o2)SC1=Nc1ccc(Br)c(Cl)c1. The van der Waals surface area contributed by atoms with Gasteiger partial charge in [-0.3, -0.25) is 9.69 Å². The molecule has 5 nitrogen and oxygen atoms in total. The van der Waals surface area contributed by atoms with Crippen molar-refractivity contribution >= 4 is 68.0 Å². The van der Waals surface area contributed by atoms with Crippen LogP contribution in [0.2, 0.25) is 5.02 Å². The summed E-state index contributed by atoms with van der Waals surface area (Å²) in [4.78, 5) is 21.6. The lowest BCUT2D eigenvalue weighted by atomic mass is 10.1. The summed E-state index contributed by atoms with van der Waals surface area (Å²) in [5, 5.41) is 1.19. The Morgan fingerprint density at radius 1 is 1.21 bits per heavy atom. The number of hydrogen-bond donors (Lipinski definition) is 0. The van der Waals surface area contributed by atoms with Crippen molar-refractivity contribution in [1.82, 2.24) is 4.90 Å². The van der Waals surface area contributed by atoms with Crippen molar-refractivity contribution in [3.8, 4) is 0 Å². The highest BCUT2D eigenvalue weighted by Crippen LogP contribution is 2.35. The molecule has 0 saturated carbocycles. The zero-order valence-corrected chi connectivity index (χ0v) is 18.5. The van der Waals surface area contributed by atoms with E-state index in [4.69, 9.17) is 16.0 Å². The molecule has 0 unspecified atom stereocenters. The van der Waals surface area contributed by atoms with Crippen molar-refractivity contribution in [2.24, 2.45) is 4.99 Å². The lowest BCUT2D eigenvalue weighted by Crippen LogP contribution is -2.28. The molecule has 0 aliphatic carbocycles. The fraction of sp³-hybridized carbons (Fsp3) is 0.300. The number of hydrogen-bond acceptors (Lipinski definition) is 5. The molecule has 8 heteroatoms. The molecule has 0 N–H and O–H groups in total. The molecule has 1 aromatic carbocycles. The van der Waals surface area contributed by atoms with Crippen LogP contribution in [0.4, 0.5) is 11.6 Å². The van der Waals surface area contributed by atoms with Gasteiger partial charge in [0.2, 0.25) is 0 Å². The summed E-state index contributed by atoms with van der Waals surface area (Å²) >= 11 is 10.8. The lowest BCUT2D eigenvalue weighted by molar-refractivity contribution is -0.121. The number of halogens is 2. The third-order valence-corrected chi connectivity index (χ3v) is 6.98. The molecule has 1 aromatic heterocycles. The Kier molecular flexibility index (Phi) is 5.85. The van der Waals surface area contributed by atoms with Crippen molar-refractivity contribution in [2.75, 3.05) is 25.0 Å². The van der Waals surface area contributed by atoms with Gasteiger partial charge in [0.15, 0.2) is 11.1 Å². The van der Waals surface area contributed by atoms with E-state index < -0.39 is 0 Å². The average Bonchev–Trinajstić information content (AvgIpc) is 3.27. The third kappa shape index (κ3) is 4.16. The van der Waals surface area contributed by atoms with E-state index in [0.29, 0.717) is 26.5 Å². The number of benzene rings is 1. The zero-order valence-electron chi connectivity index (χ0n) is 15.3. The molecule has 3 heterocycles. The minimum absolute atomic E-state index is 0.0946. The van der Waals surface area contributed by atoms with Crippen LogP contribution in [0.25, 0.3) is 6.08 Å². The molecule has 0 atom stereocenters. The van der Waals surface area contributed by atoms with Crippen molar-refractivity contribution in [1.29, 1.82) is 0 Å². The molecule has 0 bridgehead atoms. The van der Waals surface area contributed by atoms with E-state index in [2.05, 4.69) is 25.8 Å². The number of amidine groups is 1. The number of furan rings is 1. The van der Waals surface area contributed by atoms with Gasteiger partial charge in [-0.2, -0.15) is 0 Å². The number of likely N-dealkylation sites (N-methyl/N-ethyl adjacent to an activating group) is 1. The minimum atomic E-state index is -0.0946. The van der Waals surface area contributed by atoms with Crippen molar-refractivity contribution in [3.05, 3.63) is 50.5 Å². The quantitative estimate of drug-likeness (QED) is 0.512. The number of carbonyl (C=O) groups excluding carboxylic acids is 1. The van der Waals surface area contributed by atoms with Gasteiger partial charge < -0.3 is 9.32 Å². The van der Waals surface area contributed by atoms with Crippen LogP contribution >= 0.6 is 39.3 Å². The van der Waals surface area contributed by atoms with Gasteiger partial charge in [0.1, 0.15) is 5.76 Å². The smallest absolute Gasteiger partial charge is 0.266 e. The largest absolute Gasteiger partial charge is 0.441 e. The molecule has 2 aliphatic heterocycles. The maximum atomic E-state index is 12.6. The van der Waals surface area contributed by atoms with E-state index in [1.807, 2.05) is 24.3 Å². The van der Waals surface area contributed by atoms with Crippen LogP contribution in [0, 0.1) is 0 Å². The number of piperidine rings is 1. The Labute approximate surface area is 181 Å². The lowest BCUT2D eigenvalue weighted by Gasteiger charge is -2.25. The Morgan fingerprint density at radius 2 is 2.00 bits per heavy atom. The molecule has 0 radical (unpaired) electrons. The molecule has 2 saturated heterocycles. The summed E-state index contributed by atoms with van der Waals surface area (Å²) in [5.74, 6) is 1.45.